The van der Waals surface area contributed by atoms with Crippen molar-refractivity contribution in [3.63, 3.8) is 0 Å². The van der Waals surface area contributed by atoms with Crippen molar-refractivity contribution in [2.45, 2.75) is 38.4 Å². The van der Waals surface area contributed by atoms with Crippen LogP contribution in [0.3, 0.4) is 0 Å². The lowest BCUT2D eigenvalue weighted by Gasteiger charge is -2.04. The molecule has 0 aliphatic carbocycles. The van der Waals surface area contributed by atoms with Gasteiger partial charge in [0.15, 0.2) is 10.3 Å². The summed E-state index contributed by atoms with van der Waals surface area (Å²) in [7, 11) is 0. The average Bonchev–Trinajstić information content (AvgIpc) is 3.26. The minimum atomic E-state index is -0.242. The fourth-order valence-electron chi connectivity index (χ4n) is 2.40. The van der Waals surface area contributed by atoms with E-state index in [0.29, 0.717) is 16.8 Å². The summed E-state index contributed by atoms with van der Waals surface area (Å²) in [5.74, 6) is -0.0159. The van der Waals surface area contributed by atoms with Crippen molar-refractivity contribution in [1.82, 2.24) is 19.7 Å². The molecule has 2 heterocycles. The molecule has 27 heavy (non-hydrogen) atoms. The Hall–Kier alpha value is -2.39. The summed E-state index contributed by atoms with van der Waals surface area (Å²) in [5, 5.41) is 12.2. The van der Waals surface area contributed by atoms with Gasteiger partial charge in [-0.05, 0) is 13.3 Å². The Balaban J connectivity index is 1.57. The molecule has 3 aromatic rings. The van der Waals surface area contributed by atoms with E-state index in [1.807, 2.05) is 36.6 Å². The van der Waals surface area contributed by atoms with E-state index >= 15 is 0 Å². The molecule has 0 saturated heterocycles. The predicted octanol–water partition coefficient (Wildman–Crippen LogP) is 3.53. The number of unbranched alkanes of at least 4 members (excludes halogenated alkanes) is 1. The number of benzene rings is 1. The van der Waals surface area contributed by atoms with E-state index in [1.54, 1.807) is 4.57 Å². The monoisotopic (exact) mass is 403 g/mol. The van der Waals surface area contributed by atoms with Crippen molar-refractivity contribution >= 4 is 34.1 Å². The van der Waals surface area contributed by atoms with Crippen molar-refractivity contribution in [1.29, 1.82) is 0 Å². The third kappa shape index (κ3) is 5.08. The molecule has 0 aliphatic rings. The number of H-pyrrole nitrogens is 1. The molecular formula is C18H21N5O2S2. The number of aryl methyl sites for hydroxylation is 1. The fourth-order valence-corrected chi connectivity index (χ4v) is 3.91. The first kappa shape index (κ1) is 19.4. The molecule has 7 nitrogen and oxygen atoms in total. The summed E-state index contributed by atoms with van der Waals surface area (Å²) in [4.78, 5) is 28.4. The number of anilines is 1. The molecule has 0 saturated carbocycles. The molecule has 3 rings (SSSR count). The second-order valence-corrected chi connectivity index (χ2v) is 7.86. The first-order valence-electron chi connectivity index (χ1n) is 8.67. The number of aromatic amines is 1. The zero-order valence-electron chi connectivity index (χ0n) is 15.2. The van der Waals surface area contributed by atoms with Crippen molar-refractivity contribution in [3.8, 4) is 11.3 Å². The van der Waals surface area contributed by atoms with Crippen LogP contribution < -0.4 is 11.0 Å². The number of aromatic nitrogens is 4. The Morgan fingerprint density at radius 2 is 2.11 bits per heavy atom. The Kier molecular flexibility index (Phi) is 6.46. The van der Waals surface area contributed by atoms with Crippen LogP contribution >= 0.6 is 23.1 Å². The van der Waals surface area contributed by atoms with E-state index in [2.05, 4.69) is 27.4 Å². The zero-order chi connectivity index (χ0) is 19.2. The molecule has 2 aromatic heterocycles. The molecule has 0 bridgehead atoms. The van der Waals surface area contributed by atoms with Crippen LogP contribution in [0.1, 0.15) is 25.3 Å². The fraction of sp³-hybridized carbons (Fsp3) is 0.333. The van der Waals surface area contributed by atoms with Gasteiger partial charge in [0.1, 0.15) is 0 Å². The van der Waals surface area contributed by atoms with Crippen molar-refractivity contribution in [2.24, 2.45) is 0 Å². The van der Waals surface area contributed by atoms with Gasteiger partial charge in [-0.25, -0.2) is 14.9 Å². The number of hydrogen-bond donors (Lipinski definition) is 2. The highest BCUT2D eigenvalue weighted by atomic mass is 32.2. The number of hydrogen-bond acceptors (Lipinski definition) is 6. The van der Waals surface area contributed by atoms with E-state index in [4.69, 9.17) is 0 Å². The Bertz CT molecular complexity index is 959. The molecule has 0 unspecified atom stereocenters. The number of amides is 1. The van der Waals surface area contributed by atoms with E-state index in [1.165, 1.54) is 28.7 Å². The molecular weight excluding hydrogens is 382 g/mol. The van der Waals surface area contributed by atoms with Crippen LogP contribution in [0, 0.1) is 6.92 Å². The standard InChI is InChI=1S/C18H21N5O2S2/c1-3-4-9-23-17(25)21-22-18(23)27-11-15(24)20-16-19-14(10-26-16)13-7-5-12(2)6-8-13/h5-8,10H,3-4,9,11H2,1-2H3,(H,21,25)(H,19,20,24). The summed E-state index contributed by atoms with van der Waals surface area (Å²) in [6.45, 7) is 4.70. The lowest BCUT2D eigenvalue weighted by molar-refractivity contribution is -0.113. The van der Waals surface area contributed by atoms with Crippen LogP contribution in [-0.2, 0) is 11.3 Å². The number of thiazole rings is 1. The molecule has 2 N–H and O–H groups in total. The van der Waals surface area contributed by atoms with Crippen molar-refractivity contribution in [2.75, 3.05) is 11.1 Å². The van der Waals surface area contributed by atoms with Crippen LogP contribution in [0.15, 0.2) is 39.6 Å². The van der Waals surface area contributed by atoms with Gasteiger partial charge in [-0.2, -0.15) is 0 Å². The summed E-state index contributed by atoms with van der Waals surface area (Å²) >= 11 is 2.62. The van der Waals surface area contributed by atoms with Gasteiger partial charge in [0, 0.05) is 17.5 Å². The lowest BCUT2D eigenvalue weighted by Crippen LogP contribution is -2.19. The number of nitrogens with one attached hydrogen (secondary N) is 2. The van der Waals surface area contributed by atoms with Gasteiger partial charge < -0.3 is 5.32 Å². The van der Waals surface area contributed by atoms with Gasteiger partial charge in [0.25, 0.3) is 0 Å². The topological polar surface area (TPSA) is 92.7 Å². The summed E-state index contributed by atoms with van der Waals surface area (Å²) in [6, 6.07) is 8.09. The van der Waals surface area contributed by atoms with E-state index in [-0.39, 0.29) is 17.3 Å². The Morgan fingerprint density at radius 3 is 2.85 bits per heavy atom. The maximum Gasteiger partial charge on any atom is 0.343 e. The van der Waals surface area contributed by atoms with Crippen LogP contribution in [-0.4, -0.2) is 31.4 Å². The predicted molar refractivity (Wildman–Crippen MR) is 109 cm³/mol. The highest BCUT2D eigenvalue weighted by Crippen LogP contribution is 2.25. The van der Waals surface area contributed by atoms with Crippen LogP contribution in [0.5, 0.6) is 0 Å². The third-order valence-corrected chi connectivity index (χ3v) is 5.62. The number of carbonyl (C=O) groups excluding carboxylic acids is 1. The molecule has 0 radical (unpaired) electrons. The molecule has 1 aromatic carbocycles. The third-order valence-electron chi connectivity index (χ3n) is 3.89. The number of rotatable bonds is 8. The quantitative estimate of drug-likeness (QED) is 0.561. The van der Waals surface area contributed by atoms with Crippen LogP contribution in [0.25, 0.3) is 11.3 Å². The maximum absolute atomic E-state index is 12.2. The zero-order valence-corrected chi connectivity index (χ0v) is 16.8. The lowest BCUT2D eigenvalue weighted by atomic mass is 10.1. The Labute approximate surface area is 165 Å². The van der Waals surface area contributed by atoms with Gasteiger partial charge in [-0.1, -0.05) is 54.9 Å². The van der Waals surface area contributed by atoms with E-state index in [9.17, 15) is 9.59 Å². The first-order chi connectivity index (χ1) is 13.1. The van der Waals surface area contributed by atoms with Crippen LogP contribution in [0.2, 0.25) is 0 Å². The summed E-state index contributed by atoms with van der Waals surface area (Å²) < 4.78 is 1.57. The molecule has 0 atom stereocenters. The number of carbonyl (C=O) groups is 1. The summed E-state index contributed by atoms with van der Waals surface area (Å²) in [6.07, 6.45) is 1.87. The normalized spacial score (nSPS) is 10.9. The van der Waals surface area contributed by atoms with Gasteiger partial charge in [-0.15, -0.1) is 16.4 Å². The van der Waals surface area contributed by atoms with Gasteiger partial charge >= 0.3 is 5.69 Å². The molecule has 0 spiro atoms. The Morgan fingerprint density at radius 1 is 1.33 bits per heavy atom. The van der Waals surface area contributed by atoms with Crippen molar-refractivity contribution in [3.05, 3.63) is 45.7 Å². The first-order valence-corrected chi connectivity index (χ1v) is 10.5. The van der Waals surface area contributed by atoms with E-state index in [0.717, 1.165) is 24.1 Å². The van der Waals surface area contributed by atoms with Gasteiger partial charge in [0.05, 0.1) is 11.4 Å². The van der Waals surface area contributed by atoms with E-state index < -0.39 is 0 Å². The van der Waals surface area contributed by atoms with Gasteiger partial charge in [0.2, 0.25) is 5.91 Å². The highest BCUT2D eigenvalue weighted by molar-refractivity contribution is 7.99. The minimum absolute atomic E-state index is 0.163. The smallest absolute Gasteiger partial charge is 0.301 e. The van der Waals surface area contributed by atoms with Crippen LogP contribution in [0.4, 0.5) is 5.13 Å². The molecule has 9 heteroatoms. The largest absolute Gasteiger partial charge is 0.343 e. The molecule has 142 valence electrons. The second-order valence-electron chi connectivity index (χ2n) is 6.06. The maximum atomic E-state index is 12.2. The minimum Gasteiger partial charge on any atom is -0.301 e. The second kappa shape index (κ2) is 9.01. The molecule has 1 amide bonds. The van der Waals surface area contributed by atoms with Crippen molar-refractivity contribution < 1.29 is 4.79 Å². The van der Waals surface area contributed by atoms with Gasteiger partial charge in [-0.3, -0.25) is 9.36 Å². The average molecular weight is 404 g/mol. The summed E-state index contributed by atoms with van der Waals surface area (Å²) in [5.41, 5.74) is 2.80. The number of thioether (sulfide) groups is 1. The molecule has 0 fully saturated rings. The number of nitrogens with zero attached hydrogens (tertiary/aromatic N) is 3. The highest BCUT2D eigenvalue weighted by Gasteiger charge is 2.13. The molecule has 0 aliphatic heterocycles. The SMILES string of the molecule is CCCCn1c(SCC(=O)Nc2nc(-c3ccc(C)cc3)cs2)n[nH]c1=O.